The van der Waals surface area contributed by atoms with Crippen molar-refractivity contribution in [2.45, 2.75) is 33.8 Å². The van der Waals surface area contributed by atoms with Crippen LogP contribution >= 0.6 is 11.6 Å². The molecule has 0 spiro atoms. The molecule has 1 N–H and O–H groups in total. The normalized spacial score (nSPS) is 14.1. The quantitative estimate of drug-likeness (QED) is 0.606. The fraction of sp³-hybridized carbons (Fsp3) is 0.333. The number of halogens is 1. The number of amides is 2. The number of hydrogen-bond acceptors (Lipinski definition) is 5. The van der Waals surface area contributed by atoms with Gasteiger partial charge in [-0.1, -0.05) is 29.8 Å². The molecule has 3 rings (SSSR count). The average Bonchev–Trinajstić information content (AvgIpc) is 2.94. The highest BCUT2D eigenvalue weighted by molar-refractivity contribution is 6.36. The zero-order valence-electron chi connectivity index (χ0n) is 18.4. The Balaban J connectivity index is 2.05. The maximum atomic E-state index is 13.3. The van der Waals surface area contributed by atoms with Gasteiger partial charge in [0.05, 0.1) is 37.6 Å². The van der Waals surface area contributed by atoms with Crippen LogP contribution < -0.4 is 10.1 Å². The lowest BCUT2D eigenvalue weighted by Gasteiger charge is -2.17. The van der Waals surface area contributed by atoms with E-state index in [2.05, 4.69) is 5.32 Å². The van der Waals surface area contributed by atoms with Gasteiger partial charge in [0.2, 0.25) is 0 Å². The van der Waals surface area contributed by atoms with Gasteiger partial charge < -0.3 is 14.8 Å². The molecular weight excluding hydrogens is 416 g/mol. The Morgan fingerprint density at radius 1 is 1.03 bits per heavy atom. The third-order valence-electron chi connectivity index (χ3n) is 5.15. The van der Waals surface area contributed by atoms with Crippen LogP contribution in [-0.2, 0) is 14.3 Å². The first-order valence-electron chi connectivity index (χ1n) is 10.1. The van der Waals surface area contributed by atoms with Gasteiger partial charge in [-0.3, -0.25) is 14.5 Å². The molecule has 0 radical (unpaired) electrons. The standard InChI is InChI=1S/C24H27ClN2O4/c1-14(2)31-11-10-27-23(28)21(17-7-6-15(3)16(4)12-17)22(24(27)29)26-19-13-18(25)8-9-20(19)30-5/h6-9,12-14,26H,10-11H2,1-5H3. The summed E-state index contributed by atoms with van der Waals surface area (Å²) in [6.07, 6.45) is 0.00769. The Kier molecular flexibility index (Phi) is 7.03. The van der Waals surface area contributed by atoms with Crippen molar-refractivity contribution in [1.29, 1.82) is 0 Å². The number of carbonyl (C=O) groups excluding carboxylic acids is 2. The minimum atomic E-state index is -0.410. The lowest BCUT2D eigenvalue weighted by atomic mass is 9.99. The number of nitrogens with zero attached hydrogens (tertiary/aromatic N) is 1. The Morgan fingerprint density at radius 3 is 2.42 bits per heavy atom. The fourth-order valence-electron chi connectivity index (χ4n) is 3.35. The fourth-order valence-corrected chi connectivity index (χ4v) is 3.52. The van der Waals surface area contributed by atoms with E-state index in [4.69, 9.17) is 21.1 Å². The van der Waals surface area contributed by atoms with Gasteiger partial charge in [0.25, 0.3) is 11.8 Å². The molecule has 0 saturated carbocycles. The molecule has 0 bridgehead atoms. The number of imide groups is 1. The summed E-state index contributed by atoms with van der Waals surface area (Å²) in [4.78, 5) is 27.8. The lowest BCUT2D eigenvalue weighted by Crippen LogP contribution is -2.35. The molecular formula is C24H27ClN2O4. The second-order valence-electron chi connectivity index (χ2n) is 7.70. The number of methoxy groups -OCH3 is 1. The van der Waals surface area contributed by atoms with E-state index in [0.29, 0.717) is 27.6 Å². The monoisotopic (exact) mass is 442 g/mol. The van der Waals surface area contributed by atoms with Crippen molar-refractivity contribution in [2.24, 2.45) is 0 Å². The third kappa shape index (κ3) is 4.92. The summed E-state index contributed by atoms with van der Waals surface area (Å²) in [5.41, 5.74) is 3.84. The largest absolute Gasteiger partial charge is 0.495 e. The third-order valence-corrected chi connectivity index (χ3v) is 5.39. The minimum Gasteiger partial charge on any atom is -0.495 e. The van der Waals surface area contributed by atoms with Crippen molar-refractivity contribution in [3.05, 3.63) is 63.8 Å². The minimum absolute atomic E-state index is 0.00769. The van der Waals surface area contributed by atoms with Crippen molar-refractivity contribution in [1.82, 2.24) is 4.90 Å². The molecule has 2 aromatic carbocycles. The van der Waals surface area contributed by atoms with E-state index < -0.39 is 5.91 Å². The first kappa shape index (κ1) is 22.8. The summed E-state index contributed by atoms with van der Waals surface area (Å²) in [7, 11) is 1.53. The van der Waals surface area contributed by atoms with E-state index in [-0.39, 0.29) is 30.9 Å². The highest BCUT2D eigenvalue weighted by Crippen LogP contribution is 2.35. The van der Waals surface area contributed by atoms with Gasteiger partial charge in [0.15, 0.2) is 0 Å². The number of carbonyl (C=O) groups is 2. The number of nitrogens with one attached hydrogen (secondary N) is 1. The first-order chi connectivity index (χ1) is 14.7. The maximum Gasteiger partial charge on any atom is 0.278 e. The molecule has 6 nitrogen and oxygen atoms in total. The van der Waals surface area contributed by atoms with Crippen LogP contribution in [0, 0.1) is 13.8 Å². The Labute approximate surface area is 187 Å². The molecule has 2 amide bonds. The average molecular weight is 443 g/mol. The summed E-state index contributed by atoms with van der Waals surface area (Å²) in [5.74, 6) is -0.255. The number of aryl methyl sites for hydroxylation is 2. The van der Waals surface area contributed by atoms with Crippen molar-refractivity contribution < 1.29 is 19.1 Å². The van der Waals surface area contributed by atoms with E-state index in [1.807, 2.05) is 45.9 Å². The Morgan fingerprint density at radius 2 is 1.77 bits per heavy atom. The zero-order valence-corrected chi connectivity index (χ0v) is 19.2. The van der Waals surface area contributed by atoms with E-state index >= 15 is 0 Å². The van der Waals surface area contributed by atoms with Crippen molar-refractivity contribution in [3.63, 3.8) is 0 Å². The van der Waals surface area contributed by atoms with E-state index in [9.17, 15) is 9.59 Å². The molecule has 31 heavy (non-hydrogen) atoms. The first-order valence-corrected chi connectivity index (χ1v) is 10.5. The zero-order chi connectivity index (χ0) is 22.7. The molecule has 164 valence electrons. The molecule has 7 heteroatoms. The van der Waals surface area contributed by atoms with Crippen LogP contribution in [0.2, 0.25) is 5.02 Å². The second kappa shape index (κ2) is 9.54. The van der Waals surface area contributed by atoms with Crippen LogP contribution in [0.5, 0.6) is 5.75 Å². The van der Waals surface area contributed by atoms with Gasteiger partial charge in [-0.15, -0.1) is 0 Å². The van der Waals surface area contributed by atoms with Gasteiger partial charge >= 0.3 is 0 Å². The smallest absolute Gasteiger partial charge is 0.278 e. The topological polar surface area (TPSA) is 67.9 Å². The Hall–Kier alpha value is -2.83. The van der Waals surface area contributed by atoms with Crippen LogP contribution in [0.15, 0.2) is 42.1 Å². The summed E-state index contributed by atoms with van der Waals surface area (Å²) >= 11 is 6.15. The molecule has 0 aliphatic carbocycles. The lowest BCUT2D eigenvalue weighted by molar-refractivity contribution is -0.137. The number of hydrogen-bond donors (Lipinski definition) is 1. The molecule has 1 aliphatic rings. The highest BCUT2D eigenvalue weighted by Gasteiger charge is 2.39. The molecule has 0 unspecified atom stereocenters. The van der Waals surface area contributed by atoms with Crippen LogP contribution in [-0.4, -0.2) is 43.1 Å². The molecule has 0 fully saturated rings. The molecule has 2 aromatic rings. The maximum absolute atomic E-state index is 13.3. The van der Waals surface area contributed by atoms with E-state index in [0.717, 1.165) is 11.1 Å². The van der Waals surface area contributed by atoms with Crippen molar-refractivity contribution in [2.75, 3.05) is 25.6 Å². The summed E-state index contributed by atoms with van der Waals surface area (Å²) in [5, 5.41) is 3.59. The number of rotatable bonds is 8. The van der Waals surface area contributed by atoms with Gasteiger partial charge in [-0.2, -0.15) is 0 Å². The van der Waals surface area contributed by atoms with Crippen molar-refractivity contribution >= 4 is 34.7 Å². The van der Waals surface area contributed by atoms with Crippen LogP contribution in [0.4, 0.5) is 5.69 Å². The molecule has 0 atom stereocenters. The molecule has 1 aliphatic heterocycles. The van der Waals surface area contributed by atoms with Gasteiger partial charge in [0.1, 0.15) is 11.4 Å². The van der Waals surface area contributed by atoms with E-state index in [1.54, 1.807) is 18.2 Å². The molecule has 1 heterocycles. The van der Waals surface area contributed by atoms with Gasteiger partial charge in [-0.05, 0) is 62.6 Å². The van der Waals surface area contributed by atoms with Crippen molar-refractivity contribution in [3.8, 4) is 5.75 Å². The number of ether oxygens (including phenoxy) is 2. The predicted octanol–water partition coefficient (Wildman–Crippen LogP) is 4.58. The highest BCUT2D eigenvalue weighted by atomic mass is 35.5. The number of anilines is 1. The number of benzene rings is 2. The van der Waals surface area contributed by atoms with Gasteiger partial charge in [-0.25, -0.2) is 0 Å². The van der Waals surface area contributed by atoms with Gasteiger partial charge in [0, 0.05) is 5.02 Å². The second-order valence-corrected chi connectivity index (χ2v) is 8.14. The van der Waals surface area contributed by atoms with Crippen LogP contribution in [0.1, 0.15) is 30.5 Å². The summed E-state index contributed by atoms with van der Waals surface area (Å²) in [6.45, 7) is 8.23. The summed E-state index contributed by atoms with van der Waals surface area (Å²) < 4.78 is 11.0. The molecule has 0 saturated heterocycles. The molecule has 0 aromatic heterocycles. The van der Waals surface area contributed by atoms with Crippen LogP contribution in [0.3, 0.4) is 0 Å². The summed E-state index contributed by atoms with van der Waals surface area (Å²) in [6, 6.07) is 10.8. The van der Waals surface area contributed by atoms with E-state index in [1.165, 1.54) is 12.0 Å². The predicted molar refractivity (Wildman–Crippen MR) is 122 cm³/mol. The Bertz CT molecular complexity index is 1050. The SMILES string of the molecule is COc1ccc(Cl)cc1NC1=C(c2ccc(C)c(C)c2)C(=O)N(CCOC(C)C)C1=O. The van der Waals surface area contributed by atoms with Crippen LogP contribution in [0.25, 0.3) is 5.57 Å².